The van der Waals surface area contributed by atoms with E-state index in [9.17, 15) is 4.79 Å². The molecular weight excluding hydrogens is 250 g/mol. The van der Waals surface area contributed by atoms with Gasteiger partial charge in [-0.25, -0.2) is 4.98 Å². The molecule has 0 radical (unpaired) electrons. The van der Waals surface area contributed by atoms with Gasteiger partial charge < -0.3 is 10.2 Å². The molecule has 1 rings (SSSR count). The van der Waals surface area contributed by atoms with Crippen LogP contribution in [0.1, 0.15) is 50.2 Å². The van der Waals surface area contributed by atoms with E-state index in [2.05, 4.69) is 38.0 Å². The number of nitrogens with zero attached hydrogens (tertiary/aromatic N) is 2. The fraction of sp³-hybridized carbons (Fsp3) is 0.625. The van der Waals surface area contributed by atoms with Crippen LogP contribution in [-0.4, -0.2) is 35.9 Å². The van der Waals surface area contributed by atoms with Gasteiger partial charge in [-0.3, -0.25) is 4.79 Å². The van der Waals surface area contributed by atoms with Crippen LogP contribution < -0.4 is 5.32 Å². The number of hydrogen-bond acceptors (Lipinski definition) is 3. The molecular formula is C16H27N3O. The molecule has 0 aliphatic rings. The highest BCUT2D eigenvalue weighted by atomic mass is 16.2. The van der Waals surface area contributed by atoms with Crippen molar-refractivity contribution in [2.75, 3.05) is 25.5 Å². The number of amides is 1. The van der Waals surface area contributed by atoms with Gasteiger partial charge in [0.1, 0.15) is 5.82 Å². The first-order valence-corrected chi connectivity index (χ1v) is 7.48. The molecule has 1 aromatic heterocycles. The van der Waals surface area contributed by atoms with Crippen LogP contribution in [0.5, 0.6) is 0 Å². The molecule has 1 N–H and O–H groups in total. The Morgan fingerprint density at radius 1 is 1.35 bits per heavy atom. The molecule has 1 aromatic rings. The van der Waals surface area contributed by atoms with Crippen molar-refractivity contribution in [1.82, 2.24) is 9.88 Å². The molecule has 0 aliphatic carbocycles. The molecule has 20 heavy (non-hydrogen) atoms. The average molecular weight is 277 g/mol. The quantitative estimate of drug-likeness (QED) is 0.832. The minimum Gasteiger partial charge on any atom is -0.370 e. The number of rotatable bonds is 7. The van der Waals surface area contributed by atoms with Crippen LogP contribution >= 0.6 is 0 Å². The summed E-state index contributed by atoms with van der Waals surface area (Å²) in [5, 5.41) is 3.26. The van der Waals surface area contributed by atoms with E-state index < -0.39 is 0 Å². The van der Waals surface area contributed by atoms with Gasteiger partial charge >= 0.3 is 0 Å². The molecule has 4 nitrogen and oxygen atoms in total. The van der Waals surface area contributed by atoms with E-state index in [1.165, 1.54) is 0 Å². The number of pyridine rings is 1. The third-order valence-electron chi connectivity index (χ3n) is 3.03. The second-order valence-electron chi connectivity index (χ2n) is 5.59. The standard InChI is InChI=1S/C16H27N3O/c1-6-8-17-15-10-13(9-14(7-2)18-15)16(20)19(5)11-12(3)4/h9-10,12H,6-8,11H2,1-5H3,(H,17,18). The van der Waals surface area contributed by atoms with E-state index in [0.29, 0.717) is 5.92 Å². The Bertz CT molecular complexity index is 443. The predicted molar refractivity (Wildman–Crippen MR) is 84.2 cm³/mol. The monoisotopic (exact) mass is 277 g/mol. The minimum atomic E-state index is 0.0651. The van der Waals surface area contributed by atoms with E-state index in [1.54, 1.807) is 4.90 Å². The maximum Gasteiger partial charge on any atom is 0.253 e. The highest BCUT2D eigenvalue weighted by Gasteiger charge is 2.14. The van der Waals surface area contributed by atoms with Gasteiger partial charge in [-0.15, -0.1) is 0 Å². The summed E-state index contributed by atoms with van der Waals surface area (Å²) in [6, 6.07) is 3.75. The number of carbonyl (C=O) groups excluding carboxylic acids is 1. The number of nitrogens with one attached hydrogen (secondary N) is 1. The SMILES string of the molecule is CCCNc1cc(C(=O)N(C)CC(C)C)cc(CC)n1. The van der Waals surface area contributed by atoms with Crippen molar-refractivity contribution in [2.45, 2.75) is 40.5 Å². The summed E-state index contributed by atoms with van der Waals surface area (Å²) in [6.45, 7) is 10.0. The van der Waals surface area contributed by atoms with Gasteiger partial charge in [-0.05, 0) is 30.9 Å². The molecule has 1 heterocycles. The van der Waals surface area contributed by atoms with Crippen molar-refractivity contribution in [2.24, 2.45) is 5.92 Å². The lowest BCUT2D eigenvalue weighted by molar-refractivity contribution is 0.0779. The summed E-state index contributed by atoms with van der Waals surface area (Å²) in [7, 11) is 1.85. The topological polar surface area (TPSA) is 45.2 Å². The maximum absolute atomic E-state index is 12.4. The van der Waals surface area contributed by atoms with Crippen molar-refractivity contribution in [3.05, 3.63) is 23.4 Å². The van der Waals surface area contributed by atoms with Crippen molar-refractivity contribution < 1.29 is 4.79 Å². The van der Waals surface area contributed by atoms with E-state index >= 15 is 0 Å². The number of aromatic nitrogens is 1. The first-order chi connectivity index (χ1) is 9.47. The highest BCUT2D eigenvalue weighted by molar-refractivity contribution is 5.94. The molecule has 0 aromatic carbocycles. The second-order valence-corrected chi connectivity index (χ2v) is 5.59. The number of carbonyl (C=O) groups is 1. The van der Waals surface area contributed by atoms with Gasteiger partial charge in [0.2, 0.25) is 0 Å². The van der Waals surface area contributed by atoms with Gasteiger partial charge in [-0.1, -0.05) is 27.7 Å². The van der Waals surface area contributed by atoms with Crippen LogP contribution in [0, 0.1) is 5.92 Å². The summed E-state index contributed by atoms with van der Waals surface area (Å²) >= 11 is 0. The Morgan fingerprint density at radius 2 is 2.05 bits per heavy atom. The minimum absolute atomic E-state index is 0.0651. The largest absolute Gasteiger partial charge is 0.370 e. The van der Waals surface area contributed by atoms with E-state index in [1.807, 2.05) is 19.2 Å². The van der Waals surface area contributed by atoms with Gasteiger partial charge in [-0.2, -0.15) is 0 Å². The Balaban J connectivity index is 2.94. The zero-order valence-corrected chi connectivity index (χ0v) is 13.4. The Morgan fingerprint density at radius 3 is 2.60 bits per heavy atom. The van der Waals surface area contributed by atoms with E-state index in [0.717, 1.165) is 43.0 Å². The van der Waals surface area contributed by atoms with Gasteiger partial charge in [0, 0.05) is 31.4 Å². The fourth-order valence-corrected chi connectivity index (χ4v) is 2.09. The van der Waals surface area contributed by atoms with Crippen LogP contribution in [0.15, 0.2) is 12.1 Å². The van der Waals surface area contributed by atoms with Crippen LogP contribution in [0.2, 0.25) is 0 Å². The fourth-order valence-electron chi connectivity index (χ4n) is 2.09. The third-order valence-corrected chi connectivity index (χ3v) is 3.03. The smallest absolute Gasteiger partial charge is 0.253 e. The summed E-state index contributed by atoms with van der Waals surface area (Å²) in [5.41, 5.74) is 1.67. The lowest BCUT2D eigenvalue weighted by Crippen LogP contribution is -2.30. The molecule has 0 fully saturated rings. The second kappa shape index (κ2) is 7.88. The summed E-state index contributed by atoms with van der Waals surface area (Å²) in [5.74, 6) is 1.33. The Hall–Kier alpha value is -1.58. The van der Waals surface area contributed by atoms with Gasteiger partial charge in [0.05, 0.1) is 0 Å². The van der Waals surface area contributed by atoms with Crippen LogP contribution in [0.25, 0.3) is 0 Å². The van der Waals surface area contributed by atoms with Crippen LogP contribution in [0.4, 0.5) is 5.82 Å². The lowest BCUT2D eigenvalue weighted by Gasteiger charge is -2.20. The zero-order valence-electron chi connectivity index (χ0n) is 13.4. The Labute approximate surface area is 122 Å². The molecule has 0 aliphatic heterocycles. The third kappa shape index (κ3) is 4.83. The van der Waals surface area contributed by atoms with Crippen molar-refractivity contribution in [3.63, 3.8) is 0 Å². The van der Waals surface area contributed by atoms with Crippen LogP contribution in [-0.2, 0) is 6.42 Å². The highest BCUT2D eigenvalue weighted by Crippen LogP contribution is 2.14. The Kier molecular flexibility index (Phi) is 6.49. The summed E-state index contributed by atoms with van der Waals surface area (Å²) < 4.78 is 0. The van der Waals surface area contributed by atoms with Gasteiger partial charge in [0.25, 0.3) is 5.91 Å². The predicted octanol–water partition coefficient (Wildman–Crippen LogP) is 3.19. The molecule has 112 valence electrons. The normalized spacial score (nSPS) is 10.7. The van der Waals surface area contributed by atoms with Crippen molar-refractivity contribution in [1.29, 1.82) is 0 Å². The summed E-state index contributed by atoms with van der Waals surface area (Å²) in [6.07, 6.45) is 1.87. The maximum atomic E-state index is 12.4. The average Bonchev–Trinajstić information content (AvgIpc) is 2.43. The molecule has 0 unspecified atom stereocenters. The van der Waals surface area contributed by atoms with Gasteiger partial charge in [0.15, 0.2) is 0 Å². The number of hydrogen-bond donors (Lipinski definition) is 1. The first kappa shape index (κ1) is 16.5. The van der Waals surface area contributed by atoms with Crippen LogP contribution in [0.3, 0.4) is 0 Å². The number of aryl methyl sites for hydroxylation is 1. The molecule has 0 saturated carbocycles. The molecule has 0 spiro atoms. The molecule has 0 bridgehead atoms. The van der Waals surface area contributed by atoms with E-state index in [-0.39, 0.29) is 5.91 Å². The first-order valence-electron chi connectivity index (χ1n) is 7.48. The molecule has 4 heteroatoms. The molecule has 0 atom stereocenters. The van der Waals surface area contributed by atoms with E-state index in [4.69, 9.17) is 0 Å². The lowest BCUT2D eigenvalue weighted by atomic mass is 10.1. The molecule has 0 saturated heterocycles. The zero-order chi connectivity index (χ0) is 15.1. The number of anilines is 1. The molecule has 1 amide bonds. The van der Waals surface area contributed by atoms with Crippen molar-refractivity contribution >= 4 is 11.7 Å². The van der Waals surface area contributed by atoms with Crippen molar-refractivity contribution in [3.8, 4) is 0 Å². The summed E-state index contributed by atoms with van der Waals surface area (Å²) in [4.78, 5) is 18.7.